The molecule has 29 heavy (non-hydrogen) atoms. The van der Waals surface area contributed by atoms with Crippen molar-refractivity contribution < 1.29 is 9.59 Å². The summed E-state index contributed by atoms with van der Waals surface area (Å²) in [5.74, 6) is -0.145. The molecule has 0 fully saturated rings. The van der Waals surface area contributed by atoms with Crippen LogP contribution < -0.4 is 27.8 Å². The highest BCUT2D eigenvalue weighted by Gasteiger charge is 2.24. The number of rotatable bonds is 15. The van der Waals surface area contributed by atoms with Crippen LogP contribution >= 0.6 is 11.3 Å². The van der Waals surface area contributed by atoms with Crippen molar-refractivity contribution in [2.45, 2.75) is 70.9 Å². The lowest BCUT2D eigenvalue weighted by atomic mass is 10.0. The van der Waals surface area contributed by atoms with E-state index in [1.54, 1.807) is 11.3 Å². The van der Waals surface area contributed by atoms with E-state index >= 15 is 0 Å². The summed E-state index contributed by atoms with van der Waals surface area (Å²) in [5, 5.41) is 5.80. The lowest BCUT2D eigenvalue weighted by molar-refractivity contribution is -0.130. The molecule has 0 aromatic carbocycles. The molecule has 0 spiro atoms. The standard InChI is InChI=1S/C21H39N5O2S/c1-15(2)14-19(26-20(27)18(24)7-3-4-11-22)21(28)25-13-10-17-9-8-16(29-17)6-5-12-23/h8-9,15,18-19H,3-7,10-14,22-24H2,1-2H3,(H,25,28)(H,26,27)/t18-,19+/m0/s1. The van der Waals surface area contributed by atoms with Crippen molar-refractivity contribution in [3.05, 3.63) is 21.9 Å². The number of nitrogens with two attached hydrogens (primary N) is 3. The van der Waals surface area contributed by atoms with Crippen LogP contribution in [0.1, 0.15) is 55.7 Å². The fraction of sp³-hybridized carbons (Fsp3) is 0.714. The third-order valence-electron chi connectivity index (χ3n) is 4.66. The summed E-state index contributed by atoms with van der Waals surface area (Å²) in [6, 6.07) is 3.07. The van der Waals surface area contributed by atoms with Gasteiger partial charge in [0.25, 0.3) is 0 Å². The normalized spacial score (nSPS) is 13.3. The third-order valence-corrected chi connectivity index (χ3v) is 5.87. The van der Waals surface area contributed by atoms with Crippen molar-refractivity contribution in [2.24, 2.45) is 23.1 Å². The molecule has 0 aliphatic heterocycles. The molecule has 7 nitrogen and oxygen atoms in total. The summed E-state index contributed by atoms with van der Waals surface area (Å²) in [5.41, 5.74) is 17.0. The molecule has 2 amide bonds. The number of thiophene rings is 1. The minimum Gasteiger partial charge on any atom is -0.354 e. The number of unbranched alkanes of at least 4 members (excludes halogenated alkanes) is 1. The molecule has 0 aliphatic rings. The monoisotopic (exact) mass is 425 g/mol. The number of hydrogen-bond donors (Lipinski definition) is 5. The second-order valence-electron chi connectivity index (χ2n) is 7.88. The van der Waals surface area contributed by atoms with Crippen LogP contribution in [0.25, 0.3) is 0 Å². The maximum atomic E-state index is 12.6. The summed E-state index contributed by atoms with van der Waals surface area (Å²) in [6.07, 6.45) is 5.57. The molecule has 0 aliphatic carbocycles. The first kappa shape index (κ1) is 25.6. The molecular formula is C21H39N5O2S. The first-order valence-electron chi connectivity index (χ1n) is 10.7. The van der Waals surface area contributed by atoms with Gasteiger partial charge in [-0.3, -0.25) is 9.59 Å². The van der Waals surface area contributed by atoms with Crippen molar-refractivity contribution in [1.82, 2.24) is 10.6 Å². The fourth-order valence-electron chi connectivity index (χ4n) is 3.02. The van der Waals surface area contributed by atoms with Gasteiger partial charge in [-0.1, -0.05) is 20.3 Å². The minimum atomic E-state index is -0.609. The zero-order valence-electron chi connectivity index (χ0n) is 17.9. The first-order chi connectivity index (χ1) is 13.9. The van der Waals surface area contributed by atoms with Crippen LogP contribution in [-0.2, 0) is 22.4 Å². The number of carbonyl (C=O) groups excluding carboxylic acids is 2. The molecule has 2 atom stereocenters. The number of hydrogen-bond acceptors (Lipinski definition) is 6. The van der Waals surface area contributed by atoms with Crippen molar-refractivity contribution in [1.29, 1.82) is 0 Å². The Hall–Kier alpha value is -1.48. The molecule has 0 unspecified atom stereocenters. The van der Waals surface area contributed by atoms with E-state index in [0.29, 0.717) is 32.5 Å². The predicted molar refractivity (Wildman–Crippen MR) is 121 cm³/mol. The predicted octanol–water partition coefficient (Wildman–Crippen LogP) is 1.29. The highest BCUT2D eigenvalue weighted by Crippen LogP contribution is 2.18. The summed E-state index contributed by atoms with van der Waals surface area (Å²) >= 11 is 1.77. The second-order valence-corrected chi connectivity index (χ2v) is 9.14. The molecular weight excluding hydrogens is 386 g/mol. The van der Waals surface area contributed by atoms with E-state index in [9.17, 15) is 9.59 Å². The van der Waals surface area contributed by atoms with Gasteiger partial charge < -0.3 is 27.8 Å². The minimum absolute atomic E-state index is 0.152. The zero-order chi connectivity index (χ0) is 21.6. The average molecular weight is 426 g/mol. The largest absolute Gasteiger partial charge is 0.354 e. The van der Waals surface area contributed by atoms with E-state index < -0.39 is 12.1 Å². The SMILES string of the molecule is CC(C)C[C@@H](NC(=O)[C@@H](N)CCCCN)C(=O)NCCc1ccc(CCCN)s1. The summed E-state index contributed by atoms with van der Waals surface area (Å²) < 4.78 is 0. The Morgan fingerprint density at radius 1 is 1.00 bits per heavy atom. The van der Waals surface area contributed by atoms with Crippen molar-refractivity contribution in [3.8, 4) is 0 Å². The van der Waals surface area contributed by atoms with Gasteiger partial charge in [0.2, 0.25) is 11.8 Å². The van der Waals surface area contributed by atoms with Gasteiger partial charge in [-0.15, -0.1) is 11.3 Å². The van der Waals surface area contributed by atoms with E-state index in [1.807, 2.05) is 13.8 Å². The number of carbonyl (C=O) groups is 2. The molecule has 0 saturated carbocycles. The molecule has 166 valence electrons. The molecule has 1 rings (SSSR count). The Bertz CT molecular complexity index is 606. The van der Waals surface area contributed by atoms with Crippen LogP contribution in [0.5, 0.6) is 0 Å². The van der Waals surface area contributed by atoms with Crippen LogP contribution in [0.2, 0.25) is 0 Å². The molecule has 8 heteroatoms. The Kier molecular flexibility index (Phi) is 12.8. The zero-order valence-corrected chi connectivity index (χ0v) is 18.7. The van der Waals surface area contributed by atoms with Gasteiger partial charge in [-0.2, -0.15) is 0 Å². The second kappa shape index (κ2) is 14.5. The molecule has 1 aromatic rings. The van der Waals surface area contributed by atoms with Gasteiger partial charge in [0.15, 0.2) is 0 Å². The van der Waals surface area contributed by atoms with Crippen LogP contribution in [0.4, 0.5) is 0 Å². The van der Waals surface area contributed by atoms with Crippen LogP contribution in [-0.4, -0.2) is 43.5 Å². The van der Waals surface area contributed by atoms with Crippen molar-refractivity contribution in [3.63, 3.8) is 0 Å². The topological polar surface area (TPSA) is 136 Å². The van der Waals surface area contributed by atoms with Gasteiger partial charge in [-0.25, -0.2) is 0 Å². The van der Waals surface area contributed by atoms with Crippen molar-refractivity contribution in [2.75, 3.05) is 19.6 Å². The average Bonchev–Trinajstić information content (AvgIpc) is 3.13. The Balaban J connectivity index is 2.49. The lowest BCUT2D eigenvalue weighted by Crippen LogP contribution is -2.52. The molecule has 1 heterocycles. The van der Waals surface area contributed by atoms with Crippen molar-refractivity contribution >= 4 is 23.2 Å². The van der Waals surface area contributed by atoms with E-state index in [1.165, 1.54) is 9.75 Å². The van der Waals surface area contributed by atoms with E-state index in [0.717, 1.165) is 32.1 Å². The molecule has 0 bridgehead atoms. The van der Waals surface area contributed by atoms with Crippen LogP contribution in [0.15, 0.2) is 12.1 Å². The van der Waals surface area contributed by atoms with E-state index in [-0.39, 0.29) is 17.7 Å². The first-order valence-corrected chi connectivity index (χ1v) is 11.5. The smallest absolute Gasteiger partial charge is 0.242 e. The van der Waals surface area contributed by atoms with E-state index in [2.05, 4.69) is 22.8 Å². The summed E-state index contributed by atoms with van der Waals surface area (Å²) in [6.45, 7) is 5.89. The summed E-state index contributed by atoms with van der Waals surface area (Å²) in [7, 11) is 0. The van der Waals surface area contributed by atoms with Crippen LogP contribution in [0.3, 0.4) is 0 Å². The Morgan fingerprint density at radius 2 is 1.66 bits per heavy atom. The number of nitrogens with one attached hydrogen (secondary N) is 2. The highest BCUT2D eigenvalue weighted by atomic mass is 32.1. The molecule has 1 aromatic heterocycles. The molecule has 0 radical (unpaired) electrons. The Morgan fingerprint density at radius 3 is 2.28 bits per heavy atom. The van der Waals surface area contributed by atoms with Gasteiger partial charge >= 0.3 is 0 Å². The van der Waals surface area contributed by atoms with Gasteiger partial charge in [0.1, 0.15) is 6.04 Å². The van der Waals surface area contributed by atoms with E-state index in [4.69, 9.17) is 17.2 Å². The fourth-order valence-corrected chi connectivity index (χ4v) is 4.08. The van der Waals surface area contributed by atoms with Gasteiger partial charge in [0, 0.05) is 16.3 Å². The lowest BCUT2D eigenvalue weighted by Gasteiger charge is -2.22. The Labute approximate surface area is 179 Å². The maximum Gasteiger partial charge on any atom is 0.242 e. The van der Waals surface area contributed by atoms with Gasteiger partial charge in [-0.05, 0) is 69.7 Å². The quantitative estimate of drug-likeness (QED) is 0.270. The highest BCUT2D eigenvalue weighted by molar-refractivity contribution is 7.11. The summed E-state index contributed by atoms with van der Waals surface area (Å²) in [4.78, 5) is 27.6. The number of amides is 2. The van der Waals surface area contributed by atoms with Gasteiger partial charge in [0.05, 0.1) is 6.04 Å². The molecule has 0 saturated heterocycles. The maximum absolute atomic E-state index is 12.6. The third kappa shape index (κ3) is 10.7. The number of aryl methyl sites for hydroxylation is 1. The molecule has 8 N–H and O–H groups in total. The van der Waals surface area contributed by atoms with Crippen LogP contribution in [0, 0.1) is 5.92 Å².